The maximum atomic E-state index is 12.4. The average molecular weight is 422 g/mol. The van der Waals surface area contributed by atoms with Gasteiger partial charge in [-0.05, 0) is 49.7 Å². The van der Waals surface area contributed by atoms with Gasteiger partial charge in [-0.2, -0.15) is 5.10 Å². The van der Waals surface area contributed by atoms with Crippen molar-refractivity contribution in [2.24, 2.45) is 0 Å². The molecule has 2 aromatic heterocycles. The van der Waals surface area contributed by atoms with Crippen molar-refractivity contribution in [1.82, 2.24) is 15.1 Å². The number of thiophene rings is 1. The maximum absolute atomic E-state index is 12.4. The van der Waals surface area contributed by atoms with E-state index in [0.29, 0.717) is 15.7 Å². The van der Waals surface area contributed by atoms with Gasteiger partial charge in [-0.15, -0.1) is 11.3 Å². The lowest BCUT2D eigenvalue weighted by Gasteiger charge is -2.15. The largest absolute Gasteiger partial charge is 0.348 e. The van der Waals surface area contributed by atoms with E-state index in [1.165, 1.54) is 10.7 Å². The number of benzene rings is 1. The van der Waals surface area contributed by atoms with Gasteiger partial charge in [-0.1, -0.05) is 29.3 Å². The van der Waals surface area contributed by atoms with Crippen molar-refractivity contribution in [2.45, 2.75) is 26.4 Å². The van der Waals surface area contributed by atoms with Crippen LogP contribution in [0.25, 0.3) is 10.6 Å². The van der Waals surface area contributed by atoms with E-state index < -0.39 is 0 Å². The van der Waals surface area contributed by atoms with Crippen LogP contribution in [0.5, 0.6) is 0 Å². The molecule has 1 N–H and O–H groups in total. The van der Waals surface area contributed by atoms with E-state index in [1.54, 1.807) is 35.6 Å². The van der Waals surface area contributed by atoms with E-state index in [-0.39, 0.29) is 24.1 Å². The number of rotatable bonds is 5. The highest BCUT2D eigenvalue weighted by Gasteiger charge is 2.13. The fourth-order valence-electron chi connectivity index (χ4n) is 2.55. The zero-order valence-corrected chi connectivity index (χ0v) is 17.0. The molecule has 0 saturated carbocycles. The molecule has 2 heterocycles. The van der Waals surface area contributed by atoms with Crippen LogP contribution < -0.4 is 10.9 Å². The summed E-state index contributed by atoms with van der Waals surface area (Å²) in [4.78, 5) is 26.6. The predicted octanol–water partition coefficient (Wildman–Crippen LogP) is 4.46. The Kier molecular flexibility index (Phi) is 5.99. The molecular formula is C19H17Cl2N3O2S. The first-order chi connectivity index (χ1) is 12.8. The molecule has 8 heteroatoms. The summed E-state index contributed by atoms with van der Waals surface area (Å²) in [5.74, 6) is -0.317. The number of aromatic nitrogens is 2. The molecule has 0 aliphatic carbocycles. The molecule has 0 saturated heterocycles. The van der Waals surface area contributed by atoms with Crippen molar-refractivity contribution in [3.05, 3.63) is 73.3 Å². The monoisotopic (exact) mass is 421 g/mol. The van der Waals surface area contributed by atoms with Crippen LogP contribution in [0.3, 0.4) is 0 Å². The Labute approximate surface area is 170 Å². The van der Waals surface area contributed by atoms with Crippen LogP contribution in [0.1, 0.15) is 23.4 Å². The molecule has 3 aromatic rings. The van der Waals surface area contributed by atoms with Crippen molar-refractivity contribution < 1.29 is 4.79 Å². The van der Waals surface area contributed by atoms with Gasteiger partial charge in [0.2, 0.25) is 5.91 Å². The normalized spacial score (nSPS) is 12.0. The molecule has 5 nitrogen and oxygen atoms in total. The van der Waals surface area contributed by atoms with Gasteiger partial charge in [0.05, 0.1) is 21.0 Å². The van der Waals surface area contributed by atoms with Crippen LogP contribution in [-0.4, -0.2) is 15.7 Å². The summed E-state index contributed by atoms with van der Waals surface area (Å²) < 4.78 is 1.17. The Balaban J connectivity index is 1.73. The molecule has 1 amide bonds. The van der Waals surface area contributed by atoms with E-state index in [9.17, 15) is 9.59 Å². The summed E-state index contributed by atoms with van der Waals surface area (Å²) in [6, 6.07) is 11.9. The van der Waals surface area contributed by atoms with Gasteiger partial charge >= 0.3 is 0 Å². The minimum atomic E-state index is -0.329. The SMILES string of the molecule is Cc1ccc(-c2ccc(=O)n(CC(=O)NC(C)c3ccc(Cl)c(Cl)c3)n2)s1. The Morgan fingerprint density at radius 3 is 2.63 bits per heavy atom. The lowest BCUT2D eigenvalue weighted by Crippen LogP contribution is -2.34. The minimum Gasteiger partial charge on any atom is -0.348 e. The van der Waals surface area contributed by atoms with Crippen LogP contribution >= 0.6 is 34.5 Å². The highest BCUT2D eigenvalue weighted by molar-refractivity contribution is 7.15. The number of nitrogens with zero attached hydrogens (tertiary/aromatic N) is 2. The summed E-state index contributed by atoms with van der Waals surface area (Å²) in [6.45, 7) is 3.67. The van der Waals surface area contributed by atoms with Crippen molar-refractivity contribution >= 4 is 40.4 Å². The van der Waals surface area contributed by atoms with E-state index in [2.05, 4.69) is 10.4 Å². The first-order valence-electron chi connectivity index (χ1n) is 8.23. The first kappa shape index (κ1) is 19.6. The molecule has 0 aliphatic heterocycles. The summed E-state index contributed by atoms with van der Waals surface area (Å²) in [5, 5.41) is 8.04. The van der Waals surface area contributed by atoms with E-state index in [1.807, 2.05) is 26.0 Å². The molecule has 3 rings (SSSR count). The molecule has 1 atom stereocenters. The van der Waals surface area contributed by atoms with Crippen LogP contribution in [0.4, 0.5) is 0 Å². The van der Waals surface area contributed by atoms with Gasteiger partial charge in [0.1, 0.15) is 12.2 Å². The van der Waals surface area contributed by atoms with Crippen LogP contribution in [0.2, 0.25) is 10.0 Å². The lowest BCUT2D eigenvalue weighted by atomic mass is 10.1. The smallest absolute Gasteiger partial charge is 0.267 e. The third kappa shape index (κ3) is 4.77. The number of amides is 1. The predicted molar refractivity (Wildman–Crippen MR) is 110 cm³/mol. The van der Waals surface area contributed by atoms with Gasteiger partial charge in [0.15, 0.2) is 0 Å². The van der Waals surface area contributed by atoms with Gasteiger partial charge in [-0.3, -0.25) is 9.59 Å². The van der Waals surface area contributed by atoms with E-state index in [0.717, 1.165) is 15.3 Å². The highest BCUT2D eigenvalue weighted by Crippen LogP contribution is 2.26. The number of aryl methyl sites for hydroxylation is 1. The average Bonchev–Trinajstić information content (AvgIpc) is 3.05. The molecule has 0 fully saturated rings. The number of hydrogen-bond acceptors (Lipinski definition) is 4. The number of halogens is 2. The number of carbonyl (C=O) groups excluding carboxylic acids is 1. The van der Waals surface area contributed by atoms with Crippen LogP contribution in [0, 0.1) is 6.92 Å². The van der Waals surface area contributed by atoms with Crippen molar-refractivity contribution in [2.75, 3.05) is 0 Å². The Hall–Kier alpha value is -2.15. The number of nitrogens with one attached hydrogen (secondary N) is 1. The summed E-state index contributed by atoms with van der Waals surface area (Å²) in [6.07, 6.45) is 0. The minimum absolute atomic E-state index is 0.164. The van der Waals surface area contributed by atoms with Crippen molar-refractivity contribution in [3.63, 3.8) is 0 Å². The fourth-order valence-corrected chi connectivity index (χ4v) is 3.69. The van der Waals surface area contributed by atoms with Crippen LogP contribution in [0.15, 0.2) is 47.3 Å². The molecule has 0 spiro atoms. The summed E-state index contributed by atoms with van der Waals surface area (Å²) >= 11 is 13.5. The van der Waals surface area contributed by atoms with Gasteiger partial charge in [-0.25, -0.2) is 4.68 Å². The summed E-state index contributed by atoms with van der Waals surface area (Å²) in [7, 11) is 0. The second-order valence-electron chi connectivity index (χ2n) is 6.09. The van der Waals surface area contributed by atoms with Gasteiger partial charge in [0.25, 0.3) is 5.56 Å². The van der Waals surface area contributed by atoms with Crippen LogP contribution in [-0.2, 0) is 11.3 Å². The quantitative estimate of drug-likeness (QED) is 0.660. The van der Waals surface area contributed by atoms with Gasteiger partial charge in [0, 0.05) is 10.9 Å². The maximum Gasteiger partial charge on any atom is 0.267 e. The molecule has 140 valence electrons. The Morgan fingerprint density at radius 1 is 1.19 bits per heavy atom. The number of hydrogen-bond donors (Lipinski definition) is 1. The molecule has 1 aromatic carbocycles. The first-order valence-corrected chi connectivity index (χ1v) is 9.80. The fraction of sp³-hybridized carbons (Fsp3) is 0.211. The third-order valence-corrected chi connectivity index (χ3v) is 5.74. The van der Waals surface area contributed by atoms with Crippen molar-refractivity contribution in [3.8, 4) is 10.6 Å². The second-order valence-corrected chi connectivity index (χ2v) is 8.19. The van der Waals surface area contributed by atoms with E-state index >= 15 is 0 Å². The molecular weight excluding hydrogens is 405 g/mol. The van der Waals surface area contributed by atoms with E-state index in [4.69, 9.17) is 23.2 Å². The molecule has 0 aliphatic rings. The molecule has 27 heavy (non-hydrogen) atoms. The molecule has 0 radical (unpaired) electrons. The third-order valence-electron chi connectivity index (χ3n) is 3.97. The summed E-state index contributed by atoms with van der Waals surface area (Å²) in [5.41, 5.74) is 1.16. The molecule has 0 bridgehead atoms. The Morgan fingerprint density at radius 2 is 1.96 bits per heavy atom. The number of carbonyl (C=O) groups is 1. The standard InChI is InChI=1S/C19H17Cl2N3O2S/c1-11-3-7-17(27-11)16-6-8-19(26)24(23-16)10-18(25)22-12(2)13-4-5-14(20)15(21)9-13/h3-9,12H,10H2,1-2H3,(H,22,25). The topological polar surface area (TPSA) is 64.0 Å². The zero-order chi connectivity index (χ0) is 19.6. The zero-order valence-electron chi connectivity index (χ0n) is 14.7. The second kappa shape index (κ2) is 8.25. The molecule has 1 unspecified atom stereocenters. The highest BCUT2D eigenvalue weighted by atomic mass is 35.5. The lowest BCUT2D eigenvalue weighted by molar-refractivity contribution is -0.122. The Bertz CT molecular complexity index is 1050. The van der Waals surface area contributed by atoms with Gasteiger partial charge < -0.3 is 5.32 Å². The van der Waals surface area contributed by atoms with Crippen molar-refractivity contribution in [1.29, 1.82) is 0 Å².